The second-order valence-electron chi connectivity index (χ2n) is 11.4. The van der Waals surface area contributed by atoms with E-state index in [1.165, 1.54) is 51.4 Å². The molecule has 0 radical (unpaired) electrons. The van der Waals surface area contributed by atoms with Crippen LogP contribution in [0.15, 0.2) is 0 Å². The molecule has 3 atom stereocenters. The van der Waals surface area contributed by atoms with Gasteiger partial charge in [-0.15, -0.1) is 0 Å². The quantitative estimate of drug-likeness (QED) is 0.320. The zero-order valence-corrected chi connectivity index (χ0v) is 21.8. The molecule has 0 saturated carbocycles. The van der Waals surface area contributed by atoms with Crippen molar-refractivity contribution in [1.82, 2.24) is 0 Å². The molecule has 0 fully saturated rings. The molecule has 1 aliphatic heterocycles. The molecular weight excluding hydrogens is 382 g/mol. The predicted octanol–water partition coefficient (Wildman–Crippen LogP) is 9.27. The largest absolute Gasteiger partial charge is 0.487 e. The standard InChI is InChI=1S/C29H49FO/c1-20(2)12-9-13-21(3)14-10-15-22(4)16-11-18-29(8)19-17-26-25(7)27(30)23(5)24(6)28(26)31-29/h20-22H,9-19H2,1-8H3/t21-,22-,29-/m1/s1/i30-1. The molecule has 0 aromatic heterocycles. The molecule has 0 aliphatic carbocycles. The van der Waals surface area contributed by atoms with Gasteiger partial charge in [-0.2, -0.15) is 0 Å². The van der Waals surface area contributed by atoms with E-state index in [4.69, 9.17) is 4.74 Å². The first kappa shape index (κ1) is 26.2. The van der Waals surface area contributed by atoms with Gasteiger partial charge >= 0.3 is 0 Å². The SMILES string of the molecule is Cc1c(C)c2c(c(C)c1[18F])CC[C@@](C)(CCC[C@H](C)CCC[C@H](C)CCCC(C)C)O2. The normalized spacial score (nSPS) is 20.5. The maximum absolute atomic E-state index is 14.5. The predicted molar refractivity (Wildman–Crippen MR) is 133 cm³/mol. The molecule has 0 bridgehead atoms. The van der Waals surface area contributed by atoms with Gasteiger partial charge in [-0.05, 0) is 87.8 Å². The highest BCUT2D eigenvalue weighted by atomic mass is 18.2. The van der Waals surface area contributed by atoms with Crippen molar-refractivity contribution in [3.63, 3.8) is 0 Å². The molecule has 0 saturated heterocycles. The van der Waals surface area contributed by atoms with Crippen LogP contribution in [0.1, 0.15) is 121 Å². The van der Waals surface area contributed by atoms with Crippen molar-refractivity contribution in [2.24, 2.45) is 17.8 Å². The highest BCUT2D eigenvalue weighted by molar-refractivity contribution is 5.52. The molecule has 0 N–H and O–H groups in total. The minimum Gasteiger partial charge on any atom is -0.487 e. The number of hydrogen-bond donors (Lipinski definition) is 0. The number of benzene rings is 1. The lowest BCUT2D eigenvalue weighted by atomic mass is 9.84. The van der Waals surface area contributed by atoms with Crippen LogP contribution in [0.25, 0.3) is 0 Å². The summed E-state index contributed by atoms with van der Waals surface area (Å²) in [6, 6.07) is 0. The Morgan fingerprint density at radius 3 is 1.94 bits per heavy atom. The maximum atomic E-state index is 14.5. The van der Waals surface area contributed by atoms with E-state index in [0.717, 1.165) is 65.0 Å². The third kappa shape index (κ3) is 7.50. The topological polar surface area (TPSA) is 9.23 Å². The van der Waals surface area contributed by atoms with E-state index in [1.54, 1.807) is 0 Å². The van der Waals surface area contributed by atoms with Crippen LogP contribution in [0.4, 0.5) is 4.39 Å². The van der Waals surface area contributed by atoms with Gasteiger partial charge in [0.2, 0.25) is 0 Å². The van der Waals surface area contributed by atoms with E-state index in [1.807, 2.05) is 20.8 Å². The summed E-state index contributed by atoms with van der Waals surface area (Å²) in [5.41, 5.74) is 3.49. The highest BCUT2D eigenvalue weighted by Gasteiger charge is 2.34. The van der Waals surface area contributed by atoms with Crippen molar-refractivity contribution in [2.75, 3.05) is 0 Å². The molecule has 1 aromatic rings. The average Bonchev–Trinajstić information content (AvgIpc) is 2.70. The zero-order chi connectivity index (χ0) is 23.2. The molecule has 1 heterocycles. The fourth-order valence-corrected chi connectivity index (χ4v) is 5.25. The minimum atomic E-state index is -0.112. The average molecular weight is 432 g/mol. The lowest BCUT2D eigenvalue weighted by molar-refractivity contribution is 0.0511. The highest BCUT2D eigenvalue weighted by Crippen LogP contribution is 2.42. The molecule has 2 heteroatoms. The van der Waals surface area contributed by atoms with Crippen molar-refractivity contribution in [3.8, 4) is 5.75 Å². The molecule has 0 amide bonds. The monoisotopic (exact) mass is 431 g/mol. The Balaban J connectivity index is 1.74. The zero-order valence-electron chi connectivity index (χ0n) is 21.8. The van der Waals surface area contributed by atoms with Crippen LogP contribution >= 0.6 is 0 Å². The van der Waals surface area contributed by atoms with Crippen LogP contribution in [0.3, 0.4) is 0 Å². The van der Waals surface area contributed by atoms with E-state index in [0.29, 0.717) is 0 Å². The van der Waals surface area contributed by atoms with Gasteiger partial charge in [-0.3, -0.25) is 0 Å². The van der Waals surface area contributed by atoms with Gasteiger partial charge in [0.05, 0.1) is 0 Å². The van der Waals surface area contributed by atoms with Crippen molar-refractivity contribution in [2.45, 2.75) is 132 Å². The van der Waals surface area contributed by atoms with Crippen LogP contribution in [0.2, 0.25) is 0 Å². The number of ether oxygens (including phenoxy) is 1. The molecule has 1 aliphatic rings. The first-order valence-electron chi connectivity index (χ1n) is 13.0. The number of fused-ring (bicyclic) bond motifs is 1. The van der Waals surface area contributed by atoms with E-state index in [9.17, 15) is 4.39 Å². The summed E-state index contributed by atoms with van der Waals surface area (Å²) in [5.74, 6) is 3.42. The second-order valence-corrected chi connectivity index (χ2v) is 11.4. The Morgan fingerprint density at radius 1 is 0.806 bits per heavy atom. The third-order valence-electron chi connectivity index (χ3n) is 7.82. The smallest absolute Gasteiger partial charge is 0.129 e. The first-order valence-corrected chi connectivity index (χ1v) is 13.0. The van der Waals surface area contributed by atoms with E-state index in [2.05, 4.69) is 34.6 Å². The molecule has 1 aromatic carbocycles. The molecule has 0 spiro atoms. The van der Waals surface area contributed by atoms with Gasteiger partial charge in [0.1, 0.15) is 17.2 Å². The fourth-order valence-electron chi connectivity index (χ4n) is 5.25. The Morgan fingerprint density at radius 2 is 1.35 bits per heavy atom. The van der Waals surface area contributed by atoms with Crippen LogP contribution in [0.5, 0.6) is 5.75 Å². The van der Waals surface area contributed by atoms with Gasteiger partial charge in [-0.1, -0.05) is 72.6 Å². The van der Waals surface area contributed by atoms with Crippen molar-refractivity contribution < 1.29 is 9.13 Å². The van der Waals surface area contributed by atoms with Crippen molar-refractivity contribution in [3.05, 3.63) is 28.1 Å². The lowest BCUT2D eigenvalue weighted by Crippen LogP contribution is -2.37. The molecule has 1 nitrogen and oxygen atoms in total. The number of halogens is 1. The molecular formula is C29H49FO. The van der Waals surface area contributed by atoms with Gasteiger partial charge in [0, 0.05) is 5.56 Å². The molecule has 0 unspecified atom stereocenters. The van der Waals surface area contributed by atoms with E-state index in [-0.39, 0.29) is 11.4 Å². The summed E-state index contributed by atoms with van der Waals surface area (Å²) in [6.07, 6.45) is 13.8. The fraction of sp³-hybridized carbons (Fsp3) is 0.793. The van der Waals surface area contributed by atoms with Gasteiger partial charge in [-0.25, -0.2) is 4.39 Å². The Labute approximate surface area is 192 Å². The summed E-state index contributed by atoms with van der Waals surface area (Å²) in [4.78, 5) is 0. The number of hydrogen-bond acceptors (Lipinski definition) is 1. The summed E-state index contributed by atoms with van der Waals surface area (Å²) in [5, 5.41) is 0. The molecule has 2 rings (SSSR count). The lowest BCUT2D eigenvalue weighted by Gasteiger charge is -2.38. The Hall–Kier alpha value is -1.05. The molecule has 31 heavy (non-hydrogen) atoms. The Bertz CT molecular complexity index is 707. The van der Waals surface area contributed by atoms with Gasteiger partial charge in [0.25, 0.3) is 0 Å². The van der Waals surface area contributed by atoms with Gasteiger partial charge in [0.15, 0.2) is 0 Å². The van der Waals surface area contributed by atoms with Crippen LogP contribution < -0.4 is 4.74 Å². The van der Waals surface area contributed by atoms with Crippen molar-refractivity contribution in [1.29, 1.82) is 0 Å². The van der Waals surface area contributed by atoms with Crippen LogP contribution in [-0.4, -0.2) is 5.60 Å². The minimum absolute atomic E-state index is 0.0495. The van der Waals surface area contributed by atoms with E-state index >= 15 is 0 Å². The first-order chi connectivity index (χ1) is 14.5. The van der Waals surface area contributed by atoms with Crippen molar-refractivity contribution >= 4 is 0 Å². The third-order valence-corrected chi connectivity index (χ3v) is 7.82. The number of rotatable bonds is 12. The van der Waals surface area contributed by atoms with Crippen LogP contribution in [0, 0.1) is 44.3 Å². The Kier molecular flexibility index (Phi) is 9.90. The molecule has 178 valence electrons. The van der Waals surface area contributed by atoms with Gasteiger partial charge < -0.3 is 4.74 Å². The summed E-state index contributed by atoms with van der Waals surface area (Å²) in [6.45, 7) is 17.5. The second kappa shape index (κ2) is 11.7. The summed E-state index contributed by atoms with van der Waals surface area (Å²) >= 11 is 0. The summed E-state index contributed by atoms with van der Waals surface area (Å²) in [7, 11) is 0. The van der Waals surface area contributed by atoms with Crippen LogP contribution in [-0.2, 0) is 6.42 Å². The van der Waals surface area contributed by atoms with E-state index < -0.39 is 0 Å². The maximum Gasteiger partial charge on any atom is 0.129 e. The summed E-state index contributed by atoms with van der Waals surface area (Å²) < 4.78 is 21.0.